The molecule has 0 saturated heterocycles. The van der Waals surface area contributed by atoms with Crippen LogP contribution in [0, 0.1) is 0 Å². The van der Waals surface area contributed by atoms with Crippen molar-refractivity contribution in [2.45, 2.75) is 44.5 Å². The lowest BCUT2D eigenvalue weighted by molar-refractivity contribution is -0.212. The van der Waals surface area contributed by atoms with Crippen molar-refractivity contribution in [2.75, 3.05) is 6.61 Å². The van der Waals surface area contributed by atoms with Gasteiger partial charge in [-0.1, -0.05) is 42.5 Å². The first-order valence-corrected chi connectivity index (χ1v) is 16.3. The Hall–Kier alpha value is -5.09. The van der Waals surface area contributed by atoms with E-state index in [1.165, 1.54) is 42.1 Å². The molecule has 0 saturated carbocycles. The van der Waals surface area contributed by atoms with Gasteiger partial charge in [-0.3, -0.25) is 9.59 Å². The highest BCUT2D eigenvalue weighted by Crippen LogP contribution is 2.43. The van der Waals surface area contributed by atoms with E-state index < -0.39 is 45.4 Å². The van der Waals surface area contributed by atoms with Crippen molar-refractivity contribution >= 4 is 26.5 Å². The van der Waals surface area contributed by atoms with Gasteiger partial charge in [0, 0.05) is 47.7 Å². The third-order valence-corrected chi connectivity index (χ3v) is 11.1. The molecule has 1 aliphatic carbocycles. The van der Waals surface area contributed by atoms with Gasteiger partial charge >= 0.3 is 12.9 Å². The van der Waals surface area contributed by atoms with Gasteiger partial charge in [0.25, 0.3) is 11.1 Å². The summed E-state index contributed by atoms with van der Waals surface area (Å²) in [5.41, 5.74) is 0.682. The van der Waals surface area contributed by atoms with Crippen LogP contribution in [-0.2, 0) is 27.6 Å². The number of alkyl halides is 5. The Morgan fingerprint density at radius 3 is 2.43 bits per heavy atom. The molecule has 1 aliphatic rings. The highest BCUT2D eigenvalue weighted by molar-refractivity contribution is 7.91. The summed E-state index contributed by atoms with van der Waals surface area (Å²) in [6.45, 7) is -0.508. The first-order valence-electron chi connectivity index (χ1n) is 14.8. The number of pyridine rings is 2. The molecule has 1 N–H and O–H groups in total. The lowest BCUT2D eigenvalue weighted by Crippen LogP contribution is -2.42. The molecule has 16 heteroatoms. The molecule has 1 atom stereocenters. The quantitative estimate of drug-likeness (QED) is 0.185. The van der Waals surface area contributed by atoms with Crippen molar-refractivity contribution in [1.29, 1.82) is 0 Å². The number of fused-ring (bicyclic) bond motifs is 1. The number of halogens is 5. The van der Waals surface area contributed by atoms with Crippen LogP contribution in [0.2, 0.25) is 0 Å². The molecule has 10 nitrogen and oxygen atoms in total. The summed E-state index contributed by atoms with van der Waals surface area (Å²) in [5, 5.41) is 3.53. The van der Waals surface area contributed by atoms with Crippen LogP contribution < -0.4 is 11.1 Å². The lowest BCUT2D eigenvalue weighted by atomic mass is 9.85. The molecule has 0 amide bonds. The van der Waals surface area contributed by atoms with Crippen LogP contribution in [0.4, 0.5) is 22.0 Å². The number of hydrogen-bond donors (Lipinski definition) is 1. The molecule has 1 unspecified atom stereocenters. The number of H-pyrrole nitrogens is 1. The van der Waals surface area contributed by atoms with Gasteiger partial charge in [0.05, 0.1) is 18.5 Å². The van der Waals surface area contributed by atoms with Crippen LogP contribution in [-0.4, -0.2) is 49.7 Å². The normalized spacial score (nSPS) is 17.1. The fourth-order valence-electron chi connectivity index (χ4n) is 5.86. The number of nitrogens with one attached hydrogen (secondary N) is 1. The minimum atomic E-state index is -4.86. The number of allylic oxidation sites excluding steroid dienone is 3. The van der Waals surface area contributed by atoms with Gasteiger partial charge in [0.1, 0.15) is 10.3 Å². The number of nitrogens with zero attached hydrogens (tertiary/aromatic N) is 4. The van der Waals surface area contributed by atoms with Crippen molar-refractivity contribution < 1.29 is 35.1 Å². The zero-order valence-corrected chi connectivity index (χ0v) is 26.7. The zero-order chi connectivity index (χ0) is 35.3. The smallest absolute Gasteiger partial charge is 0.327 e. The van der Waals surface area contributed by atoms with Gasteiger partial charge in [-0.25, -0.2) is 12.4 Å². The summed E-state index contributed by atoms with van der Waals surface area (Å²) >= 11 is 0. The third kappa shape index (κ3) is 6.05. The van der Waals surface area contributed by atoms with E-state index >= 15 is 0 Å². The number of ether oxygens (including phenoxy) is 1. The van der Waals surface area contributed by atoms with E-state index in [4.69, 9.17) is 0 Å². The second-order valence-electron chi connectivity index (χ2n) is 11.6. The van der Waals surface area contributed by atoms with Crippen molar-refractivity contribution in [2.24, 2.45) is 0 Å². The Bertz CT molecular complexity index is 2350. The monoisotopic (exact) mass is 701 g/mol. The number of rotatable bonds is 9. The maximum Gasteiger partial charge on any atom is 0.504 e. The van der Waals surface area contributed by atoms with E-state index in [0.29, 0.717) is 34.0 Å². The van der Waals surface area contributed by atoms with Crippen molar-refractivity contribution in [1.82, 2.24) is 23.3 Å². The molecule has 5 aromatic rings. The molecule has 4 heterocycles. The molecular formula is C33H28F5N5O5S. The topological polar surface area (TPSA) is 121 Å². The fourth-order valence-corrected chi connectivity index (χ4v) is 7.87. The predicted octanol–water partition coefficient (Wildman–Crippen LogP) is 6.11. The van der Waals surface area contributed by atoms with E-state index in [2.05, 4.69) is 14.8 Å². The highest BCUT2D eigenvalue weighted by atomic mass is 32.2. The summed E-state index contributed by atoms with van der Waals surface area (Å²) in [5.74, 6) is 0. The Balaban J connectivity index is 1.46. The summed E-state index contributed by atoms with van der Waals surface area (Å²) in [7, 11) is -4.60. The standard InChI is InChI=1S/C33H28F5N5O5S/c1-20-14-22(25-16-28(44)41(12-13-48-31(34)35)19-26(25)21-6-4-3-5-7-21)8-10-32(20,2)49(46,47)43-27(15-23-9-11-39-30(45)29(23)43)24-17-40-42(18-24)33(36,37)38/h3-9,11,14-19,31H,10,12-13H2,1-2H3,(H,39,45). The molecule has 0 fully saturated rings. The molecule has 256 valence electrons. The molecule has 1 aromatic carbocycles. The summed E-state index contributed by atoms with van der Waals surface area (Å²) < 4.78 is 99.2. The van der Waals surface area contributed by atoms with Crippen LogP contribution in [0.15, 0.2) is 101 Å². The van der Waals surface area contributed by atoms with Crippen LogP contribution >= 0.6 is 0 Å². The minimum absolute atomic E-state index is 0.137. The molecule has 49 heavy (non-hydrogen) atoms. The maximum absolute atomic E-state index is 14.7. The van der Waals surface area contributed by atoms with E-state index in [1.54, 1.807) is 49.4 Å². The molecule has 0 radical (unpaired) electrons. The van der Waals surface area contributed by atoms with Crippen molar-refractivity contribution in [3.8, 4) is 22.4 Å². The Labute approximate surface area is 275 Å². The third-order valence-electron chi connectivity index (χ3n) is 8.64. The Morgan fingerprint density at radius 1 is 1.04 bits per heavy atom. The van der Waals surface area contributed by atoms with Crippen LogP contribution in [0.25, 0.3) is 38.9 Å². The number of aromatic amines is 1. The van der Waals surface area contributed by atoms with E-state index in [-0.39, 0.29) is 39.8 Å². The van der Waals surface area contributed by atoms with E-state index in [9.17, 15) is 40.0 Å². The Kier molecular flexibility index (Phi) is 8.56. The number of benzene rings is 1. The second kappa shape index (κ2) is 12.4. The fraction of sp³-hybridized carbons (Fsp3) is 0.242. The maximum atomic E-state index is 14.7. The van der Waals surface area contributed by atoms with E-state index in [0.717, 1.165) is 10.2 Å². The number of aromatic nitrogens is 5. The van der Waals surface area contributed by atoms with Gasteiger partial charge in [0.15, 0.2) is 0 Å². The van der Waals surface area contributed by atoms with Crippen molar-refractivity contribution in [3.63, 3.8) is 0 Å². The van der Waals surface area contributed by atoms with Gasteiger partial charge < -0.3 is 14.3 Å². The van der Waals surface area contributed by atoms with Gasteiger partial charge in [-0.15, -0.1) is 13.2 Å². The molecule has 0 aliphatic heterocycles. The first kappa shape index (κ1) is 33.8. The highest BCUT2D eigenvalue weighted by Gasteiger charge is 2.45. The summed E-state index contributed by atoms with van der Waals surface area (Å²) in [6, 6.07) is 13.1. The summed E-state index contributed by atoms with van der Waals surface area (Å²) in [6.07, 6.45) is 2.58. The van der Waals surface area contributed by atoms with Gasteiger partial charge in [0.2, 0.25) is 10.0 Å². The molecule has 4 aromatic heterocycles. The van der Waals surface area contributed by atoms with Gasteiger partial charge in [-0.2, -0.15) is 18.6 Å². The predicted molar refractivity (Wildman–Crippen MR) is 172 cm³/mol. The van der Waals surface area contributed by atoms with Gasteiger partial charge in [-0.05, 0) is 54.7 Å². The number of hydrogen-bond acceptors (Lipinski definition) is 6. The SMILES string of the molecule is CC1=CC(c2cc(=O)n(CCOC(F)F)cc2-c2ccccc2)=CCC1(C)S(=O)(=O)n1c(-c2cnn(C(F)(F)F)c2)cc2cc[nH]c(=O)c21. The average Bonchev–Trinajstić information content (AvgIpc) is 3.70. The van der Waals surface area contributed by atoms with Crippen molar-refractivity contribution in [3.05, 3.63) is 117 Å². The largest absolute Gasteiger partial charge is 0.504 e. The lowest BCUT2D eigenvalue weighted by Gasteiger charge is -2.34. The van der Waals surface area contributed by atoms with Crippen LogP contribution in [0.1, 0.15) is 25.8 Å². The first-order chi connectivity index (χ1) is 23.1. The average molecular weight is 702 g/mol. The molecule has 6 rings (SSSR count). The molecule has 0 bridgehead atoms. The molecule has 0 spiro atoms. The minimum Gasteiger partial charge on any atom is -0.327 e. The van der Waals surface area contributed by atoms with Crippen LogP contribution in [0.3, 0.4) is 0 Å². The molecular weight excluding hydrogens is 673 g/mol. The zero-order valence-electron chi connectivity index (χ0n) is 25.9. The van der Waals surface area contributed by atoms with Crippen LogP contribution in [0.5, 0.6) is 0 Å². The van der Waals surface area contributed by atoms with E-state index in [1.807, 2.05) is 0 Å². The summed E-state index contributed by atoms with van der Waals surface area (Å²) in [4.78, 5) is 28.6. The second-order valence-corrected chi connectivity index (χ2v) is 13.8. The Morgan fingerprint density at radius 2 is 1.78 bits per heavy atom.